The molecule has 0 bridgehead atoms. The predicted molar refractivity (Wildman–Crippen MR) is 122 cm³/mol. The van der Waals surface area contributed by atoms with Crippen molar-refractivity contribution in [3.05, 3.63) is 10.1 Å². The van der Waals surface area contributed by atoms with E-state index in [1.807, 2.05) is 13.8 Å². The van der Waals surface area contributed by atoms with Gasteiger partial charge >= 0.3 is 11.9 Å². The Kier molecular flexibility index (Phi) is 41.3. The van der Waals surface area contributed by atoms with Crippen molar-refractivity contribution in [1.82, 2.24) is 0 Å². The number of hydrogen-bond acceptors (Lipinski definition) is 6. The van der Waals surface area contributed by atoms with Crippen molar-refractivity contribution in [2.24, 2.45) is 0 Å². The molecule has 0 rings (SSSR count). The molecule has 0 saturated heterocycles. The predicted octanol–water partition coefficient (Wildman–Crippen LogP) is 6.23. The van der Waals surface area contributed by atoms with Crippen LogP contribution >= 0.6 is 15.9 Å². The number of unbranched alkanes of at least 4 members (excludes halogenated alkanes) is 9. The zero-order valence-electron chi connectivity index (χ0n) is 19.3. The third-order valence-corrected chi connectivity index (χ3v) is 4.42. The monoisotopic (exact) mass is 606 g/mol. The fourth-order valence-electron chi connectivity index (χ4n) is 2.41. The van der Waals surface area contributed by atoms with Crippen LogP contribution in [-0.4, -0.2) is 40.8 Å². The quantitative estimate of drug-likeness (QED) is 0.0551. The van der Waals surface area contributed by atoms with E-state index >= 15 is 0 Å². The maximum atomic E-state index is 10.9. The Morgan fingerprint density at radius 1 is 0.774 bits per heavy atom. The number of rotatable bonds is 16. The van der Waals surface area contributed by atoms with E-state index in [9.17, 15) is 9.59 Å². The van der Waals surface area contributed by atoms with Gasteiger partial charge in [-0.05, 0) is 33.1 Å². The molecule has 31 heavy (non-hydrogen) atoms. The van der Waals surface area contributed by atoms with E-state index in [1.54, 1.807) is 0 Å². The summed E-state index contributed by atoms with van der Waals surface area (Å²) in [6.45, 7) is 6.91. The van der Waals surface area contributed by atoms with Gasteiger partial charge < -0.3 is 14.7 Å². The standard InChI is InChI=1S/C11H22O2.C10H19BrO2.Ag.HNO3/c1-3-5-6-7-8-9-10-11(12)13-4-2;1-2-13-10(12)8-6-4-3-5-7-9-11;;2-1(3)4/h3-10H2,1-2H3;2-9H2,1H3;;(H,2,3,4). The number of hydrogen-bond donors (Lipinski definition) is 1. The van der Waals surface area contributed by atoms with Gasteiger partial charge in [-0.25, -0.2) is 0 Å². The summed E-state index contributed by atoms with van der Waals surface area (Å²) < 4.78 is 9.65. The minimum absolute atomic E-state index is 0. The summed E-state index contributed by atoms with van der Waals surface area (Å²) in [5.74, 6) is -0.0963. The number of nitrogens with zero attached hydrogens (tertiary/aromatic N) is 1. The molecule has 8 nitrogen and oxygen atoms in total. The van der Waals surface area contributed by atoms with Crippen LogP contribution in [0, 0.1) is 10.1 Å². The fraction of sp³-hybridized carbons (Fsp3) is 0.905. The molecule has 0 saturated carbocycles. The summed E-state index contributed by atoms with van der Waals surface area (Å²) in [5, 5.41) is 14.7. The molecular formula is C21H42AgBrNO7. The molecule has 0 unspecified atom stereocenters. The van der Waals surface area contributed by atoms with Gasteiger partial charge in [0.25, 0.3) is 5.09 Å². The molecule has 0 fully saturated rings. The van der Waals surface area contributed by atoms with Crippen LogP contribution in [-0.2, 0) is 41.4 Å². The molecule has 10 heteroatoms. The third-order valence-electron chi connectivity index (χ3n) is 3.86. The van der Waals surface area contributed by atoms with Gasteiger partial charge in [-0.1, -0.05) is 74.2 Å². The average Bonchev–Trinajstić information content (AvgIpc) is 2.68. The van der Waals surface area contributed by atoms with Crippen molar-refractivity contribution < 1.29 is 51.7 Å². The Hall–Kier alpha value is -0.640. The largest absolute Gasteiger partial charge is 0.466 e. The van der Waals surface area contributed by atoms with E-state index in [-0.39, 0.29) is 34.3 Å². The zero-order valence-corrected chi connectivity index (χ0v) is 22.4. The van der Waals surface area contributed by atoms with Crippen LogP contribution < -0.4 is 0 Å². The van der Waals surface area contributed by atoms with Gasteiger partial charge in [0.15, 0.2) is 0 Å². The number of ether oxygens (including phenoxy) is 2. The van der Waals surface area contributed by atoms with Gasteiger partial charge in [0.05, 0.1) is 13.2 Å². The van der Waals surface area contributed by atoms with Crippen LogP contribution in [0.25, 0.3) is 0 Å². The van der Waals surface area contributed by atoms with Crippen molar-refractivity contribution in [2.45, 2.75) is 104 Å². The van der Waals surface area contributed by atoms with Crippen molar-refractivity contribution in [3.63, 3.8) is 0 Å². The van der Waals surface area contributed by atoms with E-state index in [2.05, 4.69) is 22.9 Å². The van der Waals surface area contributed by atoms with Gasteiger partial charge in [-0.3, -0.25) is 9.59 Å². The third kappa shape index (κ3) is 48.2. The second-order valence-corrected chi connectivity index (χ2v) is 7.37. The summed E-state index contributed by atoms with van der Waals surface area (Å²) in [4.78, 5) is 30.2. The number of halogens is 1. The van der Waals surface area contributed by atoms with Gasteiger partial charge in [0.1, 0.15) is 0 Å². The van der Waals surface area contributed by atoms with Crippen molar-refractivity contribution in [2.75, 3.05) is 18.5 Å². The molecule has 0 aromatic heterocycles. The molecule has 1 N–H and O–H groups in total. The number of carbonyl (C=O) groups excluding carboxylic acids is 2. The van der Waals surface area contributed by atoms with Crippen LogP contribution in [0.5, 0.6) is 0 Å². The van der Waals surface area contributed by atoms with E-state index in [4.69, 9.17) is 24.8 Å². The van der Waals surface area contributed by atoms with Crippen LogP contribution in [0.1, 0.15) is 104 Å². The first-order valence-corrected chi connectivity index (χ1v) is 12.2. The second-order valence-electron chi connectivity index (χ2n) is 6.57. The number of esters is 2. The molecule has 1 radical (unpaired) electrons. The summed E-state index contributed by atoms with van der Waals surface area (Å²) in [6, 6.07) is 0. The first-order valence-electron chi connectivity index (χ1n) is 11.1. The SMILES string of the molecule is CCCCCCCCC(=O)OCC.CCOC(=O)CCCCCCCBr.O=[N+]([O-])O.[Ag]. The molecule has 191 valence electrons. The summed E-state index contributed by atoms with van der Waals surface area (Å²) in [6.07, 6.45) is 14.3. The Balaban J connectivity index is -0.000000195. The molecule has 0 amide bonds. The van der Waals surface area contributed by atoms with Crippen molar-refractivity contribution in [3.8, 4) is 0 Å². The molecular weight excluding hydrogens is 566 g/mol. The Labute approximate surface area is 212 Å². The minimum atomic E-state index is -1.50. The minimum Gasteiger partial charge on any atom is -0.466 e. The van der Waals surface area contributed by atoms with Gasteiger partial charge in [-0.15, -0.1) is 10.1 Å². The first-order chi connectivity index (χ1) is 14.3. The second kappa shape index (κ2) is 34.0. The van der Waals surface area contributed by atoms with Crippen LogP contribution in [0.2, 0.25) is 0 Å². The summed E-state index contributed by atoms with van der Waals surface area (Å²) >= 11 is 3.39. The van der Waals surface area contributed by atoms with Crippen LogP contribution in [0.3, 0.4) is 0 Å². The normalized spacial score (nSPS) is 9.16. The first kappa shape index (κ1) is 37.7. The number of carbonyl (C=O) groups is 2. The average molecular weight is 608 g/mol. The smallest absolute Gasteiger partial charge is 0.305 e. The maximum Gasteiger partial charge on any atom is 0.305 e. The van der Waals surface area contributed by atoms with Crippen LogP contribution in [0.15, 0.2) is 0 Å². The Morgan fingerprint density at radius 2 is 1.10 bits per heavy atom. The van der Waals surface area contributed by atoms with E-state index < -0.39 is 5.09 Å². The molecule has 0 aliphatic carbocycles. The van der Waals surface area contributed by atoms with Crippen molar-refractivity contribution in [1.29, 1.82) is 0 Å². The van der Waals surface area contributed by atoms with Crippen molar-refractivity contribution >= 4 is 27.9 Å². The van der Waals surface area contributed by atoms with E-state index in [0.29, 0.717) is 26.1 Å². The van der Waals surface area contributed by atoms with E-state index in [0.717, 1.165) is 24.6 Å². The van der Waals surface area contributed by atoms with Gasteiger partial charge in [0, 0.05) is 40.6 Å². The molecule has 0 aliphatic heterocycles. The van der Waals surface area contributed by atoms with E-state index in [1.165, 1.54) is 51.4 Å². The summed E-state index contributed by atoms with van der Waals surface area (Å²) in [5.41, 5.74) is 0. The van der Waals surface area contributed by atoms with Crippen LogP contribution in [0.4, 0.5) is 0 Å². The fourth-order valence-corrected chi connectivity index (χ4v) is 2.81. The molecule has 0 heterocycles. The zero-order chi connectivity index (χ0) is 23.5. The Morgan fingerprint density at radius 3 is 1.42 bits per heavy atom. The molecule has 0 atom stereocenters. The molecule has 0 aromatic carbocycles. The molecule has 0 aromatic rings. The topological polar surface area (TPSA) is 116 Å². The van der Waals surface area contributed by atoms with Gasteiger partial charge in [-0.2, -0.15) is 0 Å². The maximum absolute atomic E-state index is 10.9. The summed E-state index contributed by atoms with van der Waals surface area (Å²) in [7, 11) is 0. The molecule has 0 aliphatic rings. The van der Waals surface area contributed by atoms with Gasteiger partial charge in [0.2, 0.25) is 0 Å². The molecule has 0 spiro atoms. The Bertz CT molecular complexity index is 368. The number of alkyl halides is 1.